The smallest absolute Gasteiger partial charge is 0.340 e. The van der Waals surface area contributed by atoms with E-state index in [0.717, 1.165) is 17.5 Å². The Labute approximate surface area is 228 Å². The minimum Gasteiger partial charge on any atom is -0.457 e. The third-order valence-corrected chi connectivity index (χ3v) is 7.17. The van der Waals surface area contributed by atoms with Crippen LogP contribution in [0.1, 0.15) is 40.7 Å². The summed E-state index contributed by atoms with van der Waals surface area (Å²) in [4.78, 5) is 41.2. The largest absolute Gasteiger partial charge is 0.457 e. The van der Waals surface area contributed by atoms with Crippen LogP contribution < -0.4 is 10.6 Å². The van der Waals surface area contributed by atoms with Gasteiger partial charge in [0.1, 0.15) is 12.6 Å². The molecule has 3 atom stereocenters. The van der Waals surface area contributed by atoms with E-state index in [-0.39, 0.29) is 36.1 Å². The number of esters is 1. The number of amides is 2. The van der Waals surface area contributed by atoms with Crippen molar-refractivity contribution in [2.24, 2.45) is 0 Å². The highest BCUT2D eigenvalue weighted by molar-refractivity contribution is 6.04. The van der Waals surface area contributed by atoms with Gasteiger partial charge >= 0.3 is 5.97 Å². The summed E-state index contributed by atoms with van der Waals surface area (Å²) in [5.74, 6) is -0.918. The van der Waals surface area contributed by atoms with Crippen molar-refractivity contribution in [2.45, 2.75) is 50.7 Å². The lowest BCUT2D eigenvalue weighted by Crippen LogP contribution is -2.49. The third kappa shape index (κ3) is 6.71. The second-order valence-electron chi connectivity index (χ2n) is 9.90. The highest BCUT2D eigenvalue weighted by Gasteiger charge is 2.40. The van der Waals surface area contributed by atoms with Crippen molar-refractivity contribution in [2.75, 3.05) is 18.4 Å². The Morgan fingerprint density at radius 3 is 2.28 bits per heavy atom. The Morgan fingerprint density at radius 1 is 0.872 bits per heavy atom. The number of hydrogen-bond donors (Lipinski definition) is 2. The van der Waals surface area contributed by atoms with E-state index in [4.69, 9.17) is 9.47 Å². The van der Waals surface area contributed by atoms with Crippen molar-refractivity contribution in [3.05, 3.63) is 102 Å². The summed E-state index contributed by atoms with van der Waals surface area (Å²) < 4.78 is 11.5. The normalized spacial score (nSPS) is 20.5. The Morgan fingerprint density at radius 2 is 1.54 bits per heavy atom. The quantitative estimate of drug-likeness (QED) is 0.410. The lowest BCUT2D eigenvalue weighted by Gasteiger charge is -2.27. The van der Waals surface area contributed by atoms with E-state index in [9.17, 15) is 14.4 Å². The molecule has 0 bridgehead atoms. The molecule has 0 aliphatic carbocycles. The molecule has 0 spiro atoms. The van der Waals surface area contributed by atoms with Crippen LogP contribution in [-0.4, -0.2) is 54.0 Å². The molecule has 0 aromatic heterocycles. The van der Waals surface area contributed by atoms with Crippen molar-refractivity contribution in [3.8, 4) is 0 Å². The number of nitrogens with zero attached hydrogens (tertiary/aromatic N) is 1. The average molecular weight is 528 g/mol. The first kappa shape index (κ1) is 26.6. The van der Waals surface area contributed by atoms with Crippen LogP contribution in [0.15, 0.2) is 84.9 Å². The van der Waals surface area contributed by atoms with E-state index in [0.29, 0.717) is 38.2 Å². The Balaban J connectivity index is 1.17. The predicted molar refractivity (Wildman–Crippen MR) is 147 cm³/mol. The predicted octanol–water partition coefficient (Wildman–Crippen LogP) is 3.92. The number of carbonyl (C=O) groups excluding carboxylic acids is 3. The lowest BCUT2D eigenvalue weighted by atomic mass is 10.1. The second-order valence-corrected chi connectivity index (χ2v) is 9.90. The molecule has 0 radical (unpaired) electrons. The van der Waals surface area contributed by atoms with Crippen LogP contribution in [-0.2, 0) is 32.3 Å². The first-order chi connectivity index (χ1) is 19.1. The molecule has 0 unspecified atom stereocenters. The zero-order valence-electron chi connectivity index (χ0n) is 21.8. The number of rotatable bonds is 9. The van der Waals surface area contributed by atoms with Crippen molar-refractivity contribution in [1.82, 2.24) is 10.2 Å². The van der Waals surface area contributed by atoms with Crippen molar-refractivity contribution < 1.29 is 23.9 Å². The number of ether oxygens (including phenoxy) is 2. The van der Waals surface area contributed by atoms with Gasteiger partial charge in [-0.05, 0) is 42.5 Å². The number of benzene rings is 3. The van der Waals surface area contributed by atoms with Crippen LogP contribution in [0.3, 0.4) is 0 Å². The molecule has 2 N–H and O–H groups in total. The summed E-state index contributed by atoms with van der Waals surface area (Å²) in [5.41, 5.74) is 2.61. The molecule has 2 amide bonds. The summed E-state index contributed by atoms with van der Waals surface area (Å²) in [6.45, 7) is 1.74. The molecular formula is C31H33N3O5. The summed E-state index contributed by atoms with van der Waals surface area (Å²) in [6, 6.07) is 25.1. The molecule has 8 nitrogen and oxygen atoms in total. The number of para-hydroxylation sites is 1. The number of anilines is 1. The minimum atomic E-state index is -0.600. The van der Waals surface area contributed by atoms with E-state index in [1.54, 1.807) is 29.2 Å². The number of likely N-dealkylation sites (tertiary alicyclic amines) is 1. The molecule has 202 valence electrons. The van der Waals surface area contributed by atoms with E-state index < -0.39 is 12.0 Å². The molecule has 5 rings (SSSR count). The second kappa shape index (κ2) is 12.7. The molecule has 2 fully saturated rings. The Bertz CT molecular complexity index is 1280. The van der Waals surface area contributed by atoms with Crippen molar-refractivity contribution >= 4 is 23.5 Å². The molecule has 3 aromatic carbocycles. The highest BCUT2D eigenvalue weighted by atomic mass is 16.5. The van der Waals surface area contributed by atoms with Gasteiger partial charge in [-0.2, -0.15) is 0 Å². The maximum atomic E-state index is 13.4. The van der Waals surface area contributed by atoms with Gasteiger partial charge in [0.25, 0.3) is 0 Å². The van der Waals surface area contributed by atoms with Crippen LogP contribution in [0.2, 0.25) is 0 Å². The van der Waals surface area contributed by atoms with Crippen LogP contribution in [0.5, 0.6) is 0 Å². The van der Waals surface area contributed by atoms with E-state index in [2.05, 4.69) is 10.6 Å². The standard InChI is InChI=1S/C31H33N3O5/c35-29(33-26-15-8-7-14-25(26)31(37)39-21-23-12-5-2-6-13-23)28-16-9-17-34(28)30(36)27-18-24(19-32-27)38-20-22-10-3-1-4-11-22/h1-8,10-15,24,27-28,32H,9,16-21H2,(H,33,35)/t24-,27+,28-/m1/s1. The van der Waals surface area contributed by atoms with Gasteiger partial charge in [-0.3, -0.25) is 9.59 Å². The summed E-state index contributed by atoms with van der Waals surface area (Å²) in [7, 11) is 0. The van der Waals surface area contributed by atoms with Gasteiger partial charge < -0.3 is 25.0 Å². The Hall–Kier alpha value is -4.01. The van der Waals surface area contributed by atoms with Crippen molar-refractivity contribution in [1.29, 1.82) is 0 Å². The molecule has 2 aliphatic rings. The van der Waals surface area contributed by atoms with Crippen LogP contribution in [0, 0.1) is 0 Å². The van der Waals surface area contributed by atoms with Gasteiger partial charge in [0.05, 0.1) is 30.0 Å². The topological polar surface area (TPSA) is 97.0 Å². The molecule has 0 saturated carbocycles. The van der Waals surface area contributed by atoms with E-state index >= 15 is 0 Å². The molecule has 3 aromatic rings. The van der Waals surface area contributed by atoms with Crippen molar-refractivity contribution in [3.63, 3.8) is 0 Å². The van der Waals surface area contributed by atoms with Crippen LogP contribution in [0.4, 0.5) is 5.69 Å². The fraction of sp³-hybridized carbons (Fsp3) is 0.323. The molecule has 2 aliphatic heterocycles. The molecule has 2 heterocycles. The maximum absolute atomic E-state index is 13.4. The van der Waals surface area contributed by atoms with E-state index in [1.807, 2.05) is 60.7 Å². The maximum Gasteiger partial charge on any atom is 0.340 e. The van der Waals surface area contributed by atoms with Gasteiger partial charge in [-0.25, -0.2) is 4.79 Å². The van der Waals surface area contributed by atoms with Gasteiger partial charge in [0.2, 0.25) is 11.8 Å². The molecule has 39 heavy (non-hydrogen) atoms. The fourth-order valence-electron chi connectivity index (χ4n) is 5.10. The molecule has 8 heteroatoms. The number of nitrogens with one attached hydrogen (secondary N) is 2. The first-order valence-electron chi connectivity index (χ1n) is 13.4. The first-order valence-corrected chi connectivity index (χ1v) is 13.4. The van der Waals surface area contributed by atoms with Gasteiger partial charge in [0, 0.05) is 13.1 Å². The summed E-state index contributed by atoms with van der Waals surface area (Å²) in [5, 5.41) is 6.15. The van der Waals surface area contributed by atoms with Gasteiger partial charge in [0.15, 0.2) is 0 Å². The number of hydrogen-bond acceptors (Lipinski definition) is 6. The average Bonchev–Trinajstić information content (AvgIpc) is 3.66. The monoisotopic (exact) mass is 527 g/mol. The summed E-state index contributed by atoms with van der Waals surface area (Å²) in [6.07, 6.45) is 1.80. The molecular weight excluding hydrogens is 494 g/mol. The highest BCUT2D eigenvalue weighted by Crippen LogP contribution is 2.24. The summed E-state index contributed by atoms with van der Waals surface area (Å²) >= 11 is 0. The third-order valence-electron chi connectivity index (χ3n) is 7.17. The minimum absolute atomic E-state index is 0.0668. The SMILES string of the molecule is O=C(OCc1ccccc1)c1ccccc1NC(=O)[C@H]1CCCN1C(=O)[C@@H]1C[C@@H](OCc2ccccc2)CN1. The van der Waals surface area contributed by atoms with Gasteiger partial charge in [-0.1, -0.05) is 72.8 Å². The molecule has 2 saturated heterocycles. The number of carbonyl (C=O) groups is 3. The zero-order chi connectivity index (χ0) is 27.0. The Kier molecular flexibility index (Phi) is 8.65. The fourth-order valence-corrected chi connectivity index (χ4v) is 5.10. The lowest BCUT2D eigenvalue weighted by molar-refractivity contribution is -0.138. The van der Waals surface area contributed by atoms with Crippen LogP contribution >= 0.6 is 0 Å². The van der Waals surface area contributed by atoms with Crippen LogP contribution in [0.25, 0.3) is 0 Å². The zero-order valence-corrected chi connectivity index (χ0v) is 21.8. The van der Waals surface area contributed by atoms with E-state index in [1.165, 1.54) is 0 Å². The van der Waals surface area contributed by atoms with Gasteiger partial charge in [-0.15, -0.1) is 0 Å².